The largest absolute Gasteiger partial charge is 0.503 e. The topological polar surface area (TPSA) is 82.8 Å². The van der Waals surface area contributed by atoms with E-state index in [1.165, 1.54) is 18.7 Å². The Morgan fingerprint density at radius 2 is 1.91 bits per heavy atom. The maximum atomic E-state index is 11.8. The number of carboxylic acids is 1. The fraction of sp³-hybridized carbons (Fsp3) is 0.647. The molecule has 0 aromatic carbocycles. The lowest BCUT2D eigenvalue weighted by atomic mass is 10.0. The molecule has 1 atom stereocenters. The first kappa shape index (κ1) is 17.5. The lowest BCUT2D eigenvalue weighted by Crippen LogP contribution is -2.33. The first-order valence-corrected chi connectivity index (χ1v) is 8.27. The number of pyridine rings is 1. The second kappa shape index (κ2) is 7.64. The number of aliphatic carboxylic acids is 1. The van der Waals surface area contributed by atoms with Crippen molar-refractivity contribution in [2.24, 2.45) is 5.92 Å². The Morgan fingerprint density at radius 1 is 1.26 bits per heavy atom. The monoisotopic (exact) mass is 322 g/mol. The number of nitrogens with zero attached hydrogens (tertiary/aromatic N) is 2. The number of hydrogen-bond donors (Lipinski definition) is 2. The van der Waals surface area contributed by atoms with Crippen LogP contribution < -0.4 is 5.43 Å². The van der Waals surface area contributed by atoms with E-state index in [0.717, 1.165) is 25.9 Å². The van der Waals surface area contributed by atoms with E-state index < -0.39 is 23.2 Å². The van der Waals surface area contributed by atoms with Gasteiger partial charge in [0, 0.05) is 18.3 Å². The minimum absolute atomic E-state index is 0.195. The van der Waals surface area contributed by atoms with Gasteiger partial charge in [0.05, 0.1) is 6.20 Å². The van der Waals surface area contributed by atoms with E-state index in [2.05, 4.69) is 4.90 Å². The highest BCUT2D eigenvalue weighted by atomic mass is 16.4. The van der Waals surface area contributed by atoms with E-state index in [4.69, 9.17) is 0 Å². The van der Waals surface area contributed by atoms with Crippen molar-refractivity contribution in [1.82, 2.24) is 9.47 Å². The first-order chi connectivity index (χ1) is 10.9. The summed E-state index contributed by atoms with van der Waals surface area (Å²) in [6.07, 6.45) is 5.19. The molecule has 2 rings (SSSR count). The van der Waals surface area contributed by atoms with Gasteiger partial charge in [-0.05, 0) is 38.3 Å². The number of carbonyl (C=O) groups is 1. The van der Waals surface area contributed by atoms with Gasteiger partial charge in [0.2, 0.25) is 5.43 Å². The Kier molecular flexibility index (Phi) is 5.82. The fourth-order valence-electron chi connectivity index (χ4n) is 3.12. The molecule has 6 heteroatoms. The third kappa shape index (κ3) is 4.58. The summed E-state index contributed by atoms with van der Waals surface area (Å²) in [6, 6.07) is 0.599. The second-order valence-corrected chi connectivity index (χ2v) is 6.74. The van der Waals surface area contributed by atoms with Gasteiger partial charge in [-0.3, -0.25) is 9.69 Å². The Labute approximate surface area is 136 Å². The van der Waals surface area contributed by atoms with Gasteiger partial charge in [0.1, 0.15) is 6.04 Å². The lowest BCUT2D eigenvalue weighted by molar-refractivity contribution is -0.141. The van der Waals surface area contributed by atoms with Gasteiger partial charge < -0.3 is 14.8 Å². The second-order valence-electron chi connectivity index (χ2n) is 6.74. The number of rotatable bonds is 6. The molecule has 2 N–H and O–H groups in total. The third-order valence-corrected chi connectivity index (χ3v) is 4.29. The van der Waals surface area contributed by atoms with Crippen molar-refractivity contribution in [2.75, 3.05) is 13.1 Å². The summed E-state index contributed by atoms with van der Waals surface area (Å²) in [5.41, 5.74) is 0.199. The number of piperidine rings is 1. The normalized spacial score (nSPS) is 17.3. The van der Waals surface area contributed by atoms with E-state index in [-0.39, 0.29) is 5.92 Å². The molecule has 6 nitrogen and oxygen atoms in total. The zero-order chi connectivity index (χ0) is 17.0. The molecule has 1 aromatic heterocycles. The molecule has 1 fully saturated rings. The summed E-state index contributed by atoms with van der Waals surface area (Å²) in [5.74, 6) is -1.15. The summed E-state index contributed by atoms with van der Waals surface area (Å²) in [7, 11) is 0. The number of aromatic hydroxyl groups is 1. The summed E-state index contributed by atoms with van der Waals surface area (Å²) in [4.78, 5) is 25.7. The van der Waals surface area contributed by atoms with Crippen LogP contribution in [0.15, 0.2) is 17.1 Å². The average molecular weight is 322 g/mol. The molecule has 0 aliphatic carbocycles. The average Bonchev–Trinajstić information content (AvgIpc) is 2.49. The molecule has 0 spiro atoms. The van der Waals surface area contributed by atoms with E-state index in [0.29, 0.717) is 18.7 Å². The number of aromatic nitrogens is 1. The summed E-state index contributed by atoms with van der Waals surface area (Å²) < 4.78 is 1.56. The summed E-state index contributed by atoms with van der Waals surface area (Å²) in [6.45, 7) is 6.37. The molecule has 1 aliphatic rings. The number of hydrogen-bond acceptors (Lipinski definition) is 4. The van der Waals surface area contributed by atoms with Gasteiger partial charge in [-0.15, -0.1) is 0 Å². The van der Waals surface area contributed by atoms with Crippen molar-refractivity contribution in [2.45, 2.75) is 52.1 Å². The van der Waals surface area contributed by atoms with Crippen LogP contribution >= 0.6 is 0 Å². The van der Waals surface area contributed by atoms with E-state index in [1.807, 2.05) is 13.8 Å². The van der Waals surface area contributed by atoms with E-state index in [9.17, 15) is 19.8 Å². The van der Waals surface area contributed by atoms with Gasteiger partial charge in [0.25, 0.3) is 0 Å². The fourth-order valence-corrected chi connectivity index (χ4v) is 3.12. The van der Waals surface area contributed by atoms with Crippen LogP contribution in [0.5, 0.6) is 5.75 Å². The van der Waals surface area contributed by atoms with Crippen molar-refractivity contribution in [3.8, 4) is 5.75 Å². The van der Waals surface area contributed by atoms with Crippen LogP contribution in [-0.4, -0.2) is 38.7 Å². The minimum atomic E-state index is -0.943. The van der Waals surface area contributed by atoms with Crippen molar-refractivity contribution in [1.29, 1.82) is 0 Å². The molecular formula is C17H26N2O4. The summed E-state index contributed by atoms with van der Waals surface area (Å²) >= 11 is 0. The SMILES string of the molecule is CC(C)CC(C(=O)O)n1cc(O)c(=O)cc1CN1CCCCC1. The first-order valence-electron chi connectivity index (χ1n) is 8.27. The van der Waals surface area contributed by atoms with E-state index in [1.54, 1.807) is 4.57 Å². The number of likely N-dealkylation sites (tertiary alicyclic amines) is 1. The van der Waals surface area contributed by atoms with Crippen molar-refractivity contribution in [3.05, 3.63) is 28.2 Å². The lowest BCUT2D eigenvalue weighted by Gasteiger charge is -2.29. The van der Waals surface area contributed by atoms with E-state index >= 15 is 0 Å². The molecule has 1 aromatic rings. The molecule has 1 unspecified atom stereocenters. The predicted octanol–water partition coefficient (Wildman–Crippen LogP) is 2.21. The van der Waals surface area contributed by atoms with Crippen LogP contribution in [0.25, 0.3) is 0 Å². The Bertz CT molecular complexity index is 603. The smallest absolute Gasteiger partial charge is 0.326 e. The van der Waals surface area contributed by atoms with Crippen LogP contribution in [0, 0.1) is 5.92 Å². The van der Waals surface area contributed by atoms with Crippen LogP contribution in [0.2, 0.25) is 0 Å². The highest BCUT2D eigenvalue weighted by molar-refractivity contribution is 5.72. The molecule has 0 saturated carbocycles. The van der Waals surface area contributed by atoms with Crippen LogP contribution in [0.4, 0.5) is 0 Å². The summed E-state index contributed by atoms with van der Waals surface area (Å²) in [5, 5.41) is 19.3. The van der Waals surface area contributed by atoms with Crippen molar-refractivity contribution in [3.63, 3.8) is 0 Å². The van der Waals surface area contributed by atoms with Crippen LogP contribution in [-0.2, 0) is 11.3 Å². The molecule has 1 saturated heterocycles. The Hall–Kier alpha value is -1.82. The van der Waals surface area contributed by atoms with Crippen molar-refractivity contribution < 1.29 is 15.0 Å². The highest BCUT2D eigenvalue weighted by Gasteiger charge is 2.24. The molecule has 128 valence electrons. The molecule has 0 amide bonds. The van der Waals surface area contributed by atoms with Gasteiger partial charge in [-0.2, -0.15) is 0 Å². The molecule has 1 aliphatic heterocycles. The van der Waals surface area contributed by atoms with Gasteiger partial charge in [-0.25, -0.2) is 4.79 Å². The Morgan fingerprint density at radius 3 is 2.48 bits per heavy atom. The van der Waals surface area contributed by atoms with Gasteiger partial charge >= 0.3 is 5.97 Å². The standard InChI is InChI=1S/C17H26N2O4/c1-12(2)8-14(17(22)23)19-11-16(21)15(20)9-13(19)10-18-6-4-3-5-7-18/h9,11-12,14,21H,3-8,10H2,1-2H3,(H,22,23). The molecular weight excluding hydrogens is 296 g/mol. The zero-order valence-corrected chi connectivity index (χ0v) is 13.9. The molecule has 0 radical (unpaired) electrons. The van der Waals surface area contributed by atoms with Crippen LogP contribution in [0.3, 0.4) is 0 Å². The van der Waals surface area contributed by atoms with Crippen LogP contribution in [0.1, 0.15) is 51.3 Å². The maximum Gasteiger partial charge on any atom is 0.326 e. The minimum Gasteiger partial charge on any atom is -0.503 e. The van der Waals surface area contributed by atoms with Gasteiger partial charge in [0.15, 0.2) is 5.75 Å². The highest BCUT2D eigenvalue weighted by Crippen LogP contribution is 2.23. The zero-order valence-electron chi connectivity index (χ0n) is 13.9. The third-order valence-electron chi connectivity index (χ3n) is 4.29. The maximum absolute atomic E-state index is 11.8. The van der Waals surface area contributed by atoms with Gasteiger partial charge in [-0.1, -0.05) is 20.3 Å². The van der Waals surface area contributed by atoms with Crippen molar-refractivity contribution >= 4 is 5.97 Å². The molecule has 23 heavy (non-hydrogen) atoms. The predicted molar refractivity (Wildman–Crippen MR) is 87.6 cm³/mol. The quantitative estimate of drug-likeness (QED) is 0.839. The molecule has 2 heterocycles. The Balaban J connectivity index is 2.36. The number of carboxylic acid groups (broad SMARTS) is 1. The molecule has 0 bridgehead atoms.